The smallest absolute Gasteiger partial charge is 0.234 e. The lowest BCUT2D eigenvalue weighted by Crippen LogP contribution is -2.37. The lowest BCUT2D eigenvalue weighted by atomic mass is 9.99. The first-order valence-electron chi connectivity index (χ1n) is 9.97. The Hall–Kier alpha value is -3.31. The zero-order valence-corrected chi connectivity index (χ0v) is 17.6. The first kappa shape index (κ1) is 21.4. The zero-order chi connectivity index (χ0) is 21.3. The quantitative estimate of drug-likeness (QED) is 0.559. The minimum absolute atomic E-state index is 0.0696. The van der Waals surface area contributed by atoms with Gasteiger partial charge in [-0.2, -0.15) is 0 Å². The third-order valence-corrected chi connectivity index (χ3v) is 5.01. The zero-order valence-electron chi connectivity index (χ0n) is 17.6. The second-order valence-corrected chi connectivity index (χ2v) is 7.03. The highest BCUT2D eigenvalue weighted by molar-refractivity contribution is 5.78. The molecule has 0 radical (unpaired) electrons. The van der Waals surface area contributed by atoms with E-state index in [9.17, 15) is 4.79 Å². The van der Waals surface area contributed by atoms with Crippen LogP contribution in [0.5, 0.6) is 11.5 Å². The molecule has 156 valence electrons. The van der Waals surface area contributed by atoms with Crippen molar-refractivity contribution >= 4 is 5.91 Å². The van der Waals surface area contributed by atoms with E-state index in [1.807, 2.05) is 61.5 Å². The topological polar surface area (TPSA) is 59.6 Å². The van der Waals surface area contributed by atoms with Gasteiger partial charge in [-0.15, -0.1) is 0 Å². The maximum atomic E-state index is 12.7. The highest BCUT2D eigenvalue weighted by atomic mass is 16.5. The summed E-state index contributed by atoms with van der Waals surface area (Å²) in [5.74, 6) is 1.34. The number of carbonyl (C=O) groups excluding carboxylic acids is 1. The molecule has 1 unspecified atom stereocenters. The molecule has 3 rings (SSSR count). The third-order valence-electron chi connectivity index (χ3n) is 5.01. The maximum absolute atomic E-state index is 12.7. The molecule has 0 bridgehead atoms. The molecule has 1 atom stereocenters. The average Bonchev–Trinajstić information content (AvgIpc) is 2.80. The van der Waals surface area contributed by atoms with E-state index in [-0.39, 0.29) is 24.5 Å². The molecular formula is C25H28N2O3. The van der Waals surface area contributed by atoms with Gasteiger partial charge < -0.3 is 14.8 Å². The SMILES string of the molecule is COc1ccc(OC)c(C(C)NC(=O)CNC(c2ccccc2)c2ccccc2)c1. The van der Waals surface area contributed by atoms with E-state index >= 15 is 0 Å². The van der Waals surface area contributed by atoms with Gasteiger partial charge in [0.1, 0.15) is 11.5 Å². The lowest BCUT2D eigenvalue weighted by Gasteiger charge is -2.22. The Balaban J connectivity index is 1.69. The van der Waals surface area contributed by atoms with E-state index in [4.69, 9.17) is 9.47 Å². The highest BCUT2D eigenvalue weighted by Gasteiger charge is 2.18. The largest absolute Gasteiger partial charge is 0.497 e. The molecule has 0 heterocycles. The van der Waals surface area contributed by atoms with Crippen molar-refractivity contribution in [2.45, 2.75) is 19.0 Å². The highest BCUT2D eigenvalue weighted by Crippen LogP contribution is 2.29. The molecule has 0 fully saturated rings. The van der Waals surface area contributed by atoms with Crippen molar-refractivity contribution in [3.05, 3.63) is 95.6 Å². The number of nitrogens with one attached hydrogen (secondary N) is 2. The van der Waals surface area contributed by atoms with Gasteiger partial charge in [0.15, 0.2) is 0 Å². The van der Waals surface area contributed by atoms with Gasteiger partial charge in [-0.25, -0.2) is 0 Å². The van der Waals surface area contributed by atoms with Crippen LogP contribution >= 0.6 is 0 Å². The fraction of sp³-hybridized carbons (Fsp3) is 0.240. The number of hydrogen-bond acceptors (Lipinski definition) is 4. The van der Waals surface area contributed by atoms with E-state index < -0.39 is 0 Å². The molecule has 0 aromatic heterocycles. The second-order valence-electron chi connectivity index (χ2n) is 7.03. The number of benzene rings is 3. The van der Waals surface area contributed by atoms with Crippen LogP contribution in [0.3, 0.4) is 0 Å². The Kier molecular flexibility index (Phi) is 7.46. The van der Waals surface area contributed by atoms with Crippen LogP contribution in [0.1, 0.15) is 35.7 Å². The predicted octanol–water partition coefficient (Wildman–Crippen LogP) is 4.26. The molecule has 0 spiro atoms. The number of amides is 1. The Labute approximate surface area is 178 Å². The minimum atomic E-state index is -0.226. The summed E-state index contributed by atoms with van der Waals surface area (Å²) >= 11 is 0. The summed E-state index contributed by atoms with van der Waals surface area (Å²) in [4.78, 5) is 12.7. The van der Waals surface area contributed by atoms with Gasteiger partial charge in [0.25, 0.3) is 0 Å². The van der Waals surface area contributed by atoms with Gasteiger partial charge in [0.05, 0.1) is 32.8 Å². The molecule has 0 aliphatic carbocycles. The van der Waals surface area contributed by atoms with Gasteiger partial charge in [-0.3, -0.25) is 10.1 Å². The number of carbonyl (C=O) groups is 1. The van der Waals surface area contributed by atoms with Gasteiger partial charge in [0.2, 0.25) is 5.91 Å². The molecule has 0 aliphatic heterocycles. The predicted molar refractivity (Wildman–Crippen MR) is 119 cm³/mol. The molecule has 0 saturated carbocycles. The van der Waals surface area contributed by atoms with Crippen LogP contribution < -0.4 is 20.1 Å². The molecule has 5 heteroatoms. The summed E-state index contributed by atoms with van der Waals surface area (Å²) in [5.41, 5.74) is 3.09. The molecular weight excluding hydrogens is 376 g/mol. The molecule has 0 aliphatic rings. The first-order chi connectivity index (χ1) is 14.6. The molecule has 3 aromatic rings. The summed E-state index contributed by atoms with van der Waals surface area (Å²) in [6.07, 6.45) is 0. The van der Waals surface area contributed by atoms with Gasteiger partial charge in [-0.05, 0) is 36.2 Å². The van der Waals surface area contributed by atoms with Crippen molar-refractivity contribution in [2.24, 2.45) is 0 Å². The van der Waals surface area contributed by atoms with E-state index in [1.165, 1.54) is 0 Å². The molecule has 1 amide bonds. The van der Waals surface area contributed by atoms with Crippen LogP contribution in [0.15, 0.2) is 78.9 Å². The van der Waals surface area contributed by atoms with E-state index in [1.54, 1.807) is 14.2 Å². The van der Waals surface area contributed by atoms with Crippen molar-refractivity contribution < 1.29 is 14.3 Å². The Morgan fingerprint density at radius 2 is 1.47 bits per heavy atom. The number of methoxy groups -OCH3 is 2. The van der Waals surface area contributed by atoms with Crippen molar-refractivity contribution in [3.8, 4) is 11.5 Å². The monoisotopic (exact) mass is 404 g/mol. The van der Waals surface area contributed by atoms with Crippen molar-refractivity contribution in [1.82, 2.24) is 10.6 Å². The van der Waals surface area contributed by atoms with Crippen molar-refractivity contribution in [2.75, 3.05) is 20.8 Å². The molecule has 0 saturated heterocycles. The molecule has 5 nitrogen and oxygen atoms in total. The summed E-state index contributed by atoms with van der Waals surface area (Å²) in [7, 11) is 3.23. The molecule has 3 aromatic carbocycles. The van der Waals surface area contributed by atoms with E-state index in [2.05, 4.69) is 34.9 Å². The summed E-state index contributed by atoms with van der Waals surface area (Å²) in [6.45, 7) is 2.12. The van der Waals surface area contributed by atoms with Crippen LogP contribution in [0, 0.1) is 0 Å². The van der Waals surface area contributed by atoms with Crippen molar-refractivity contribution in [3.63, 3.8) is 0 Å². The third kappa shape index (κ3) is 5.39. The lowest BCUT2D eigenvalue weighted by molar-refractivity contribution is -0.121. The standard InChI is InChI=1S/C25H28N2O3/c1-18(22-16-21(29-2)14-15-23(22)30-3)27-24(28)17-26-25(19-10-6-4-7-11-19)20-12-8-5-9-13-20/h4-16,18,25-26H,17H2,1-3H3,(H,27,28). The maximum Gasteiger partial charge on any atom is 0.234 e. The summed E-state index contributed by atoms with van der Waals surface area (Å²) in [6, 6.07) is 25.5. The first-order valence-corrected chi connectivity index (χ1v) is 9.97. The van der Waals surface area contributed by atoms with Gasteiger partial charge >= 0.3 is 0 Å². The normalized spacial score (nSPS) is 11.7. The fourth-order valence-corrected chi connectivity index (χ4v) is 3.46. The van der Waals surface area contributed by atoms with Crippen LogP contribution in [-0.2, 0) is 4.79 Å². The van der Waals surface area contributed by atoms with Gasteiger partial charge in [0, 0.05) is 5.56 Å². The van der Waals surface area contributed by atoms with E-state index in [0.717, 1.165) is 22.4 Å². The van der Waals surface area contributed by atoms with Crippen LogP contribution in [0.4, 0.5) is 0 Å². The number of rotatable bonds is 9. The number of ether oxygens (including phenoxy) is 2. The van der Waals surface area contributed by atoms with Gasteiger partial charge in [-0.1, -0.05) is 60.7 Å². The average molecular weight is 405 g/mol. The molecule has 30 heavy (non-hydrogen) atoms. The fourth-order valence-electron chi connectivity index (χ4n) is 3.46. The summed E-state index contributed by atoms with van der Waals surface area (Å²) < 4.78 is 10.7. The Bertz CT molecular complexity index is 906. The molecule has 2 N–H and O–H groups in total. The Morgan fingerprint density at radius 3 is 2.00 bits per heavy atom. The second kappa shape index (κ2) is 10.5. The summed E-state index contributed by atoms with van der Waals surface area (Å²) in [5, 5.41) is 6.44. The van der Waals surface area contributed by atoms with Crippen LogP contribution in [0.2, 0.25) is 0 Å². The Morgan fingerprint density at radius 1 is 0.867 bits per heavy atom. The van der Waals surface area contributed by atoms with Crippen molar-refractivity contribution in [1.29, 1.82) is 0 Å². The van der Waals surface area contributed by atoms with Crippen LogP contribution in [-0.4, -0.2) is 26.7 Å². The minimum Gasteiger partial charge on any atom is -0.497 e. The van der Waals surface area contributed by atoms with Crippen LogP contribution in [0.25, 0.3) is 0 Å². The van der Waals surface area contributed by atoms with E-state index in [0.29, 0.717) is 5.75 Å². The number of hydrogen-bond donors (Lipinski definition) is 2.